The summed E-state index contributed by atoms with van der Waals surface area (Å²) in [6, 6.07) is 1.39. The van der Waals surface area contributed by atoms with Gasteiger partial charge in [0.1, 0.15) is 5.69 Å². The Labute approximate surface area is 64.0 Å². The number of nitrogens with zero attached hydrogens (tertiary/aromatic N) is 2. The third kappa shape index (κ3) is 0.867. The van der Waals surface area contributed by atoms with E-state index in [9.17, 15) is 4.79 Å². The first kappa shape index (κ1) is 6.54. The number of ketones is 1. The van der Waals surface area contributed by atoms with E-state index in [1.54, 1.807) is 16.9 Å². The van der Waals surface area contributed by atoms with Crippen molar-refractivity contribution in [1.82, 2.24) is 9.78 Å². The lowest BCUT2D eigenvalue weighted by atomic mass is 10.0. The van der Waals surface area contributed by atoms with Gasteiger partial charge in [-0.15, -0.1) is 0 Å². The lowest BCUT2D eigenvalue weighted by Gasteiger charge is -2.17. The second-order valence-corrected chi connectivity index (χ2v) is 2.70. The Balaban J connectivity index is 2.46. The molecule has 4 heteroatoms. The Bertz CT molecular complexity index is 292. The number of carbonyl (C=O) groups is 1. The van der Waals surface area contributed by atoms with E-state index in [0.717, 1.165) is 6.54 Å². The fourth-order valence-electron chi connectivity index (χ4n) is 1.30. The Morgan fingerprint density at radius 3 is 3.36 bits per heavy atom. The molecule has 2 N–H and O–H groups in total. The number of aryl methyl sites for hydroxylation is 1. The molecule has 0 aliphatic carbocycles. The van der Waals surface area contributed by atoms with Gasteiger partial charge in [0.05, 0.1) is 6.04 Å². The number of hydrogen-bond acceptors (Lipinski definition) is 3. The molecule has 0 saturated heterocycles. The first-order valence-corrected chi connectivity index (χ1v) is 3.60. The van der Waals surface area contributed by atoms with E-state index in [1.165, 1.54) is 0 Å². The van der Waals surface area contributed by atoms with Crippen LogP contribution in [-0.2, 0) is 6.54 Å². The van der Waals surface area contributed by atoms with Gasteiger partial charge in [0.15, 0.2) is 5.78 Å². The Kier molecular flexibility index (Phi) is 1.29. The van der Waals surface area contributed by atoms with Crippen LogP contribution in [0.25, 0.3) is 0 Å². The van der Waals surface area contributed by atoms with Crippen LogP contribution in [0.5, 0.6) is 0 Å². The van der Waals surface area contributed by atoms with Crippen LogP contribution in [0, 0.1) is 0 Å². The second-order valence-electron chi connectivity index (χ2n) is 2.70. The molecule has 0 spiro atoms. The maximum atomic E-state index is 11.3. The minimum Gasteiger partial charge on any atom is -0.321 e. The van der Waals surface area contributed by atoms with E-state index in [4.69, 9.17) is 5.73 Å². The van der Waals surface area contributed by atoms with Crippen LogP contribution < -0.4 is 5.73 Å². The highest BCUT2D eigenvalue weighted by Crippen LogP contribution is 2.11. The van der Waals surface area contributed by atoms with Crippen molar-refractivity contribution in [3.8, 4) is 0 Å². The molecule has 11 heavy (non-hydrogen) atoms. The molecule has 1 aliphatic heterocycles. The highest BCUT2D eigenvalue weighted by Gasteiger charge is 2.24. The molecule has 1 atom stereocenters. The van der Waals surface area contributed by atoms with Crippen molar-refractivity contribution in [3.05, 3.63) is 18.0 Å². The molecule has 0 fully saturated rings. The topological polar surface area (TPSA) is 60.9 Å². The van der Waals surface area contributed by atoms with Crippen LogP contribution in [-0.4, -0.2) is 21.6 Å². The van der Waals surface area contributed by atoms with Crippen LogP contribution in [0.15, 0.2) is 12.3 Å². The molecule has 1 aliphatic rings. The van der Waals surface area contributed by atoms with Gasteiger partial charge in [-0.1, -0.05) is 0 Å². The maximum absolute atomic E-state index is 11.3. The van der Waals surface area contributed by atoms with Crippen molar-refractivity contribution < 1.29 is 4.79 Å². The SMILES string of the molecule is NC1CCn2nccc2C1=O. The molecule has 2 heterocycles. The number of hydrogen-bond donors (Lipinski definition) is 1. The standard InChI is InChI=1S/C7H9N3O/c8-5-2-4-10-6(7(5)11)1-3-9-10/h1,3,5H,2,4,8H2. The largest absolute Gasteiger partial charge is 0.321 e. The van der Waals surface area contributed by atoms with Gasteiger partial charge in [-0.05, 0) is 12.5 Å². The van der Waals surface area contributed by atoms with Crippen molar-refractivity contribution >= 4 is 5.78 Å². The van der Waals surface area contributed by atoms with Gasteiger partial charge in [0.2, 0.25) is 0 Å². The van der Waals surface area contributed by atoms with E-state index in [2.05, 4.69) is 5.10 Å². The number of nitrogens with two attached hydrogens (primary N) is 1. The highest BCUT2D eigenvalue weighted by atomic mass is 16.1. The minimum absolute atomic E-state index is 0.00810. The van der Waals surface area contributed by atoms with E-state index < -0.39 is 0 Å². The molecule has 0 amide bonds. The molecule has 0 radical (unpaired) electrons. The summed E-state index contributed by atoms with van der Waals surface area (Å²) in [5, 5.41) is 3.98. The summed E-state index contributed by atoms with van der Waals surface area (Å²) >= 11 is 0. The molecular weight excluding hydrogens is 142 g/mol. The second kappa shape index (κ2) is 2.17. The predicted octanol–water partition coefficient (Wildman–Crippen LogP) is -0.203. The van der Waals surface area contributed by atoms with Gasteiger partial charge in [-0.2, -0.15) is 5.10 Å². The average Bonchev–Trinajstić information content (AvgIpc) is 2.45. The predicted molar refractivity (Wildman–Crippen MR) is 39.1 cm³/mol. The first-order valence-electron chi connectivity index (χ1n) is 3.60. The van der Waals surface area contributed by atoms with Gasteiger partial charge in [-0.3, -0.25) is 9.48 Å². The molecule has 1 aromatic heterocycles. The number of carbonyl (C=O) groups excluding carboxylic acids is 1. The summed E-state index contributed by atoms with van der Waals surface area (Å²) in [5.74, 6) is 0.00810. The smallest absolute Gasteiger partial charge is 0.197 e. The van der Waals surface area contributed by atoms with E-state index >= 15 is 0 Å². The monoisotopic (exact) mass is 151 g/mol. The molecule has 1 aromatic rings. The van der Waals surface area contributed by atoms with Gasteiger partial charge in [0, 0.05) is 12.7 Å². The van der Waals surface area contributed by atoms with E-state index in [1.807, 2.05) is 0 Å². The Morgan fingerprint density at radius 1 is 1.73 bits per heavy atom. The molecule has 2 rings (SSSR count). The normalized spacial score (nSPS) is 23.4. The zero-order chi connectivity index (χ0) is 7.84. The fraction of sp³-hybridized carbons (Fsp3) is 0.429. The maximum Gasteiger partial charge on any atom is 0.197 e. The number of Topliss-reactive ketones (excluding diaryl/α,β-unsaturated/α-hetero) is 1. The Hall–Kier alpha value is -1.16. The average molecular weight is 151 g/mol. The van der Waals surface area contributed by atoms with Crippen LogP contribution in [0.3, 0.4) is 0 Å². The molecular formula is C7H9N3O. The minimum atomic E-state index is -0.320. The van der Waals surface area contributed by atoms with Gasteiger partial charge >= 0.3 is 0 Å². The van der Waals surface area contributed by atoms with Crippen LogP contribution in [0.4, 0.5) is 0 Å². The third-order valence-corrected chi connectivity index (χ3v) is 1.96. The summed E-state index contributed by atoms with van der Waals surface area (Å²) < 4.78 is 1.70. The quantitative estimate of drug-likeness (QED) is 0.558. The summed E-state index contributed by atoms with van der Waals surface area (Å²) in [4.78, 5) is 11.3. The zero-order valence-electron chi connectivity index (χ0n) is 6.03. The lowest BCUT2D eigenvalue weighted by Crippen LogP contribution is -2.37. The third-order valence-electron chi connectivity index (χ3n) is 1.96. The van der Waals surface area contributed by atoms with Gasteiger partial charge < -0.3 is 5.73 Å². The van der Waals surface area contributed by atoms with Crippen molar-refractivity contribution in [3.63, 3.8) is 0 Å². The van der Waals surface area contributed by atoms with Crippen molar-refractivity contribution in [1.29, 1.82) is 0 Å². The van der Waals surface area contributed by atoms with Crippen LogP contribution in [0.1, 0.15) is 16.9 Å². The number of aromatic nitrogens is 2. The van der Waals surface area contributed by atoms with Crippen LogP contribution >= 0.6 is 0 Å². The first-order chi connectivity index (χ1) is 5.29. The van der Waals surface area contributed by atoms with Crippen molar-refractivity contribution in [2.75, 3.05) is 0 Å². The highest BCUT2D eigenvalue weighted by molar-refractivity contribution is 5.99. The molecule has 0 saturated carbocycles. The fourth-order valence-corrected chi connectivity index (χ4v) is 1.30. The summed E-state index contributed by atoms with van der Waals surface area (Å²) in [6.07, 6.45) is 2.33. The molecule has 4 nitrogen and oxygen atoms in total. The van der Waals surface area contributed by atoms with Crippen molar-refractivity contribution in [2.24, 2.45) is 5.73 Å². The van der Waals surface area contributed by atoms with Gasteiger partial charge in [0.25, 0.3) is 0 Å². The zero-order valence-corrected chi connectivity index (χ0v) is 6.03. The summed E-state index contributed by atoms with van der Waals surface area (Å²) in [5.41, 5.74) is 6.20. The summed E-state index contributed by atoms with van der Waals surface area (Å²) in [6.45, 7) is 0.759. The van der Waals surface area contributed by atoms with E-state index in [0.29, 0.717) is 12.1 Å². The molecule has 0 bridgehead atoms. The summed E-state index contributed by atoms with van der Waals surface area (Å²) in [7, 11) is 0. The number of fused-ring (bicyclic) bond motifs is 1. The Morgan fingerprint density at radius 2 is 2.55 bits per heavy atom. The lowest BCUT2D eigenvalue weighted by molar-refractivity contribution is 0.0925. The van der Waals surface area contributed by atoms with Crippen LogP contribution in [0.2, 0.25) is 0 Å². The molecule has 0 aromatic carbocycles. The van der Waals surface area contributed by atoms with E-state index in [-0.39, 0.29) is 11.8 Å². The number of rotatable bonds is 0. The molecule has 58 valence electrons. The van der Waals surface area contributed by atoms with Crippen molar-refractivity contribution in [2.45, 2.75) is 19.0 Å². The van der Waals surface area contributed by atoms with Gasteiger partial charge in [-0.25, -0.2) is 0 Å². The molecule has 1 unspecified atom stereocenters.